The smallest absolute Gasteiger partial charge is 0.407 e. The van der Waals surface area contributed by atoms with Crippen molar-refractivity contribution in [1.82, 2.24) is 15.8 Å². The first-order valence-electron chi connectivity index (χ1n) is 11.2. The molecular weight excluding hydrogens is 450 g/mol. The number of hydrogen-bond donors (Lipinski definition) is 3. The highest BCUT2D eigenvalue weighted by molar-refractivity contribution is 5.95. The largest absolute Gasteiger partial charge is 0.480 e. The van der Waals surface area contributed by atoms with E-state index in [1.54, 1.807) is 20.8 Å². The zero-order valence-corrected chi connectivity index (χ0v) is 19.7. The summed E-state index contributed by atoms with van der Waals surface area (Å²) in [6.07, 6.45) is -0.632. The molecule has 0 bridgehead atoms. The molecule has 2 amide bonds. The van der Waals surface area contributed by atoms with Gasteiger partial charge in [-0.25, -0.2) is 9.59 Å². The molecule has 1 aliphatic carbocycles. The number of hydrogen-bond acceptors (Lipinski definition) is 6. The first-order chi connectivity index (χ1) is 16.6. The molecule has 35 heavy (non-hydrogen) atoms. The molecule has 9 nitrogen and oxygen atoms in total. The summed E-state index contributed by atoms with van der Waals surface area (Å²) in [6.45, 7) is 5.25. The molecule has 0 unspecified atom stereocenters. The number of nitrogens with one attached hydrogen (secondary N) is 2. The van der Waals surface area contributed by atoms with Crippen molar-refractivity contribution in [3.05, 3.63) is 77.2 Å². The summed E-state index contributed by atoms with van der Waals surface area (Å²) < 4.78 is 10.6. The van der Waals surface area contributed by atoms with Gasteiger partial charge < -0.3 is 25.0 Å². The average Bonchev–Trinajstić information content (AvgIpc) is 3.42. The van der Waals surface area contributed by atoms with Crippen molar-refractivity contribution >= 4 is 18.0 Å². The van der Waals surface area contributed by atoms with Crippen LogP contribution in [-0.4, -0.2) is 40.9 Å². The Labute approximate surface area is 202 Å². The fourth-order valence-electron chi connectivity index (χ4n) is 4.17. The van der Waals surface area contributed by atoms with Gasteiger partial charge in [0, 0.05) is 12.0 Å². The number of nitrogens with zero attached hydrogens (tertiary/aromatic N) is 1. The van der Waals surface area contributed by atoms with Crippen LogP contribution >= 0.6 is 0 Å². The zero-order chi connectivity index (χ0) is 25.2. The Balaban J connectivity index is 1.32. The van der Waals surface area contributed by atoms with E-state index in [0.29, 0.717) is 0 Å². The van der Waals surface area contributed by atoms with Crippen LogP contribution in [0.2, 0.25) is 0 Å². The molecular formula is C26H27N3O6. The highest BCUT2D eigenvalue weighted by Gasteiger charge is 2.33. The third-order valence-electron chi connectivity index (χ3n) is 5.93. The monoisotopic (exact) mass is 477 g/mol. The van der Waals surface area contributed by atoms with Crippen molar-refractivity contribution in [3.63, 3.8) is 0 Å². The lowest BCUT2D eigenvalue weighted by Gasteiger charge is -2.27. The molecule has 2 aromatic carbocycles. The second-order valence-electron chi connectivity index (χ2n) is 9.47. The topological polar surface area (TPSA) is 131 Å². The second-order valence-corrected chi connectivity index (χ2v) is 9.47. The van der Waals surface area contributed by atoms with Gasteiger partial charge in [-0.2, -0.15) is 0 Å². The summed E-state index contributed by atoms with van der Waals surface area (Å²) in [5.41, 5.74) is 3.73. The fraction of sp³-hybridized carbons (Fsp3) is 0.308. The van der Waals surface area contributed by atoms with Crippen LogP contribution in [0.5, 0.6) is 0 Å². The summed E-state index contributed by atoms with van der Waals surface area (Å²) in [6, 6.07) is 16.4. The zero-order valence-electron chi connectivity index (χ0n) is 19.7. The van der Waals surface area contributed by atoms with E-state index in [9.17, 15) is 19.5 Å². The highest BCUT2D eigenvalue weighted by atomic mass is 16.5. The molecule has 0 fully saturated rings. The van der Waals surface area contributed by atoms with E-state index in [2.05, 4.69) is 27.9 Å². The van der Waals surface area contributed by atoms with Crippen LogP contribution in [0, 0.1) is 5.41 Å². The van der Waals surface area contributed by atoms with Crippen molar-refractivity contribution in [2.24, 2.45) is 5.41 Å². The molecule has 0 saturated heterocycles. The molecule has 9 heteroatoms. The second kappa shape index (κ2) is 9.61. The maximum absolute atomic E-state index is 12.4. The first-order valence-corrected chi connectivity index (χ1v) is 11.2. The number of rotatable bonds is 7. The molecule has 0 radical (unpaired) electrons. The number of aliphatic carboxylic acids is 1. The van der Waals surface area contributed by atoms with Gasteiger partial charge in [-0.3, -0.25) is 4.79 Å². The van der Waals surface area contributed by atoms with Gasteiger partial charge in [0.25, 0.3) is 5.91 Å². The summed E-state index contributed by atoms with van der Waals surface area (Å²) in [7, 11) is 0. The number of fused-ring (bicyclic) bond motifs is 3. The lowest BCUT2D eigenvalue weighted by Crippen LogP contribution is -2.49. The molecule has 0 saturated carbocycles. The summed E-state index contributed by atoms with van der Waals surface area (Å²) in [5, 5.41) is 18.1. The molecule has 0 spiro atoms. The number of benzene rings is 2. The Morgan fingerprint density at radius 3 is 2.23 bits per heavy atom. The maximum atomic E-state index is 12.4. The van der Waals surface area contributed by atoms with Gasteiger partial charge in [0.2, 0.25) is 0 Å². The molecule has 182 valence electrons. The maximum Gasteiger partial charge on any atom is 0.407 e. The predicted octanol–water partition coefficient (Wildman–Crippen LogP) is 3.94. The van der Waals surface area contributed by atoms with E-state index in [1.165, 1.54) is 6.07 Å². The third kappa shape index (κ3) is 5.18. The summed E-state index contributed by atoms with van der Waals surface area (Å²) >= 11 is 0. The molecule has 3 N–H and O–H groups in total. The Hall–Kier alpha value is -4.14. The highest BCUT2D eigenvalue weighted by Crippen LogP contribution is 2.44. The first kappa shape index (κ1) is 24.0. The number of ether oxygens (including phenoxy) is 1. The van der Waals surface area contributed by atoms with Gasteiger partial charge >= 0.3 is 12.1 Å². The van der Waals surface area contributed by atoms with Crippen LogP contribution in [0.4, 0.5) is 4.79 Å². The minimum absolute atomic E-state index is 0.0431. The number of alkyl carbamates (subject to hydrolysis) is 1. The Morgan fingerprint density at radius 1 is 1.06 bits per heavy atom. The molecule has 1 aliphatic rings. The SMILES string of the molecule is CC(C)(C)[C@H](NC(=O)c1cc(CNC(=O)OCC2c3ccccc3-c3ccccc32)on1)C(=O)O. The predicted molar refractivity (Wildman–Crippen MR) is 127 cm³/mol. The van der Waals surface area contributed by atoms with Crippen LogP contribution in [-0.2, 0) is 16.1 Å². The Morgan fingerprint density at radius 2 is 1.66 bits per heavy atom. The number of amides is 2. The molecule has 3 aromatic rings. The summed E-state index contributed by atoms with van der Waals surface area (Å²) in [5.74, 6) is -1.65. The van der Waals surface area contributed by atoms with Gasteiger partial charge in [-0.1, -0.05) is 74.5 Å². The molecule has 0 aliphatic heterocycles. The quantitative estimate of drug-likeness (QED) is 0.470. The van der Waals surface area contributed by atoms with Crippen molar-refractivity contribution in [2.75, 3.05) is 6.61 Å². The lowest BCUT2D eigenvalue weighted by atomic mass is 9.86. The number of aromatic nitrogens is 1. The van der Waals surface area contributed by atoms with Gasteiger partial charge in [0.05, 0.1) is 6.54 Å². The van der Waals surface area contributed by atoms with Gasteiger partial charge in [-0.15, -0.1) is 0 Å². The van der Waals surface area contributed by atoms with Crippen molar-refractivity contribution in [1.29, 1.82) is 0 Å². The number of carbonyl (C=O) groups excluding carboxylic acids is 2. The van der Waals surface area contributed by atoms with E-state index < -0.39 is 29.4 Å². The number of carboxylic acid groups (broad SMARTS) is 1. The van der Waals surface area contributed by atoms with E-state index >= 15 is 0 Å². The van der Waals surface area contributed by atoms with Crippen LogP contribution in [0.25, 0.3) is 11.1 Å². The number of carbonyl (C=O) groups is 3. The normalized spacial score (nSPS) is 13.5. The standard InChI is InChI=1S/C26H27N3O6/c1-26(2,3)22(24(31)32)28-23(30)21-12-15(35-29-21)13-27-25(33)34-14-20-18-10-6-4-8-16(18)17-9-5-7-11-19(17)20/h4-12,20,22H,13-14H2,1-3H3,(H,27,33)(H,28,30)(H,31,32)/t22-/m1/s1. The van der Waals surface area contributed by atoms with Crippen LogP contribution < -0.4 is 10.6 Å². The summed E-state index contributed by atoms with van der Waals surface area (Å²) in [4.78, 5) is 36.2. The molecule has 1 atom stereocenters. The van der Waals surface area contributed by atoms with E-state index in [4.69, 9.17) is 9.26 Å². The van der Waals surface area contributed by atoms with Crippen molar-refractivity contribution in [3.8, 4) is 11.1 Å². The minimum Gasteiger partial charge on any atom is -0.480 e. The van der Waals surface area contributed by atoms with Gasteiger partial charge in [0.15, 0.2) is 11.5 Å². The van der Waals surface area contributed by atoms with Crippen LogP contribution in [0.15, 0.2) is 59.1 Å². The van der Waals surface area contributed by atoms with E-state index in [1.807, 2.05) is 36.4 Å². The molecule has 1 aromatic heterocycles. The third-order valence-corrected chi connectivity index (χ3v) is 5.93. The number of carboxylic acids is 1. The Bertz CT molecular complexity index is 1210. The van der Waals surface area contributed by atoms with Crippen LogP contribution in [0.1, 0.15) is 54.1 Å². The van der Waals surface area contributed by atoms with Gasteiger partial charge in [-0.05, 0) is 27.7 Å². The van der Waals surface area contributed by atoms with Gasteiger partial charge in [0.1, 0.15) is 12.6 Å². The van der Waals surface area contributed by atoms with E-state index in [0.717, 1.165) is 22.3 Å². The van der Waals surface area contributed by atoms with Crippen molar-refractivity contribution in [2.45, 2.75) is 39.3 Å². The average molecular weight is 478 g/mol. The van der Waals surface area contributed by atoms with Crippen LogP contribution in [0.3, 0.4) is 0 Å². The lowest BCUT2D eigenvalue weighted by molar-refractivity contribution is -0.142. The van der Waals surface area contributed by atoms with Crippen molar-refractivity contribution < 1.29 is 28.8 Å². The minimum atomic E-state index is -1.15. The Kier molecular flexibility index (Phi) is 6.59. The molecule has 4 rings (SSSR count). The molecule has 1 heterocycles. The van der Waals surface area contributed by atoms with E-state index in [-0.39, 0.29) is 30.5 Å². The fourth-order valence-corrected chi connectivity index (χ4v) is 4.17.